The number of carboxylic acid groups (broad SMARTS) is 1. The van der Waals surface area contributed by atoms with Gasteiger partial charge >= 0.3 is 24.1 Å². The Morgan fingerprint density at radius 1 is 0.776 bits per heavy atom. The van der Waals surface area contributed by atoms with Crippen LogP contribution in [0.25, 0.3) is 0 Å². The molecule has 49 heavy (non-hydrogen) atoms. The number of halogens is 1. The summed E-state index contributed by atoms with van der Waals surface area (Å²) in [6.07, 6.45) is 9.04. The minimum absolute atomic E-state index is 0. The molecule has 0 heterocycles. The SMILES string of the molecule is C=CC(C)=O.CC(=O)CCC1(CNC(=O)OC(C)(C)C)CC1.CC(C)(C)OC(=O)NCC1(C(=O)O)CC1.COC(=O)CCC1(CN)CC1.Cl. The van der Waals surface area contributed by atoms with Crippen molar-refractivity contribution in [2.75, 3.05) is 26.7 Å². The summed E-state index contributed by atoms with van der Waals surface area (Å²) in [6.45, 7) is 18.6. The number of allylic oxidation sites excluding steroid dienone is 1. The molecule has 3 fully saturated rings. The minimum Gasteiger partial charge on any atom is -0.481 e. The molecular formula is C35H62ClN3O10. The molecular weight excluding hydrogens is 658 g/mol. The molecule has 2 amide bonds. The Morgan fingerprint density at radius 2 is 1.18 bits per heavy atom. The summed E-state index contributed by atoms with van der Waals surface area (Å²) in [5.74, 6) is -0.734. The molecule has 13 nitrogen and oxygen atoms in total. The molecule has 0 aromatic carbocycles. The molecule has 3 rings (SSSR count). The van der Waals surface area contributed by atoms with Gasteiger partial charge in [0.15, 0.2) is 5.78 Å². The van der Waals surface area contributed by atoms with E-state index in [1.165, 1.54) is 33.0 Å². The van der Waals surface area contributed by atoms with Gasteiger partial charge in [-0.05, 0) is 130 Å². The van der Waals surface area contributed by atoms with E-state index in [1.807, 2.05) is 20.8 Å². The number of esters is 1. The number of amides is 2. The molecule has 284 valence electrons. The molecule has 3 saturated carbocycles. The summed E-state index contributed by atoms with van der Waals surface area (Å²) in [7, 11) is 1.42. The number of methoxy groups -OCH3 is 1. The fourth-order valence-electron chi connectivity index (χ4n) is 4.08. The van der Waals surface area contributed by atoms with Crippen LogP contribution < -0.4 is 16.4 Å². The number of nitrogens with two attached hydrogens (primary N) is 1. The predicted molar refractivity (Wildman–Crippen MR) is 189 cm³/mol. The third-order valence-electron chi connectivity index (χ3n) is 8.01. The molecule has 0 spiro atoms. The van der Waals surface area contributed by atoms with Gasteiger partial charge in [0.1, 0.15) is 17.0 Å². The number of Topliss-reactive ketones (excluding diaryl/α,β-unsaturated/α-hetero) is 1. The number of ketones is 2. The van der Waals surface area contributed by atoms with Gasteiger partial charge in [0.2, 0.25) is 0 Å². The highest BCUT2D eigenvalue weighted by atomic mass is 35.5. The molecule has 0 aromatic heterocycles. The molecule has 14 heteroatoms. The number of carboxylic acids is 1. The zero-order chi connectivity index (χ0) is 37.4. The van der Waals surface area contributed by atoms with Crippen LogP contribution in [-0.4, -0.2) is 78.7 Å². The first-order valence-corrected chi connectivity index (χ1v) is 16.5. The van der Waals surface area contributed by atoms with E-state index >= 15 is 0 Å². The van der Waals surface area contributed by atoms with Crippen LogP contribution >= 0.6 is 12.4 Å². The van der Waals surface area contributed by atoms with Crippen molar-refractivity contribution in [3.05, 3.63) is 12.7 Å². The lowest BCUT2D eigenvalue weighted by Gasteiger charge is -2.21. The van der Waals surface area contributed by atoms with Crippen molar-refractivity contribution in [3.8, 4) is 0 Å². The summed E-state index contributed by atoms with van der Waals surface area (Å²) in [4.78, 5) is 64.9. The molecule has 0 unspecified atom stereocenters. The van der Waals surface area contributed by atoms with Crippen molar-refractivity contribution in [2.24, 2.45) is 22.0 Å². The number of carbonyl (C=O) groups is 6. The highest BCUT2D eigenvalue weighted by Gasteiger charge is 2.50. The molecule has 0 atom stereocenters. The van der Waals surface area contributed by atoms with Crippen molar-refractivity contribution in [1.82, 2.24) is 10.6 Å². The fourth-order valence-corrected chi connectivity index (χ4v) is 4.08. The van der Waals surface area contributed by atoms with Crippen molar-refractivity contribution >= 4 is 48.1 Å². The van der Waals surface area contributed by atoms with E-state index in [9.17, 15) is 28.8 Å². The first-order valence-electron chi connectivity index (χ1n) is 16.5. The summed E-state index contributed by atoms with van der Waals surface area (Å²) in [6, 6.07) is 0. The smallest absolute Gasteiger partial charge is 0.407 e. The maximum Gasteiger partial charge on any atom is 0.407 e. The first kappa shape index (κ1) is 47.9. The number of hydrogen-bond donors (Lipinski definition) is 4. The average molecular weight is 720 g/mol. The molecule has 0 saturated heterocycles. The van der Waals surface area contributed by atoms with E-state index in [0.29, 0.717) is 44.2 Å². The van der Waals surface area contributed by atoms with Crippen LogP contribution in [0.1, 0.15) is 120 Å². The van der Waals surface area contributed by atoms with Crippen LogP contribution in [0.15, 0.2) is 12.7 Å². The maximum atomic E-state index is 11.5. The number of carbonyl (C=O) groups excluding carboxylic acids is 5. The van der Waals surface area contributed by atoms with Crippen LogP contribution in [0, 0.1) is 16.2 Å². The number of rotatable bonds is 13. The normalized spacial score (nSPS) is 16.6. The highest BCUT2D eigenvalue weighted by Crippen LogP contribution is 2.49. The fraction of sp³-hybridized carbons (Fsp3) is 0.771. The van der Waals surface area contributed by atoms with Gasteiger partial charge in [0, 0.05) is 25.9 Å². The minimum atomic E-state index is -0.849. The van der Waals surface area contributed by atoms with Crippen molar-refractivity contribution in [2.45, 2.75) is 131 Å². The van der Waals surface area contributed by atoms with E-state index in [2.05, 4.69) is 21.9 Å². The second kappa shape index (κ2) is 21.1. The third-order valence-corrected chi connectivity index (χ3v) is 8.01. The van der Waals surface area contributed by atoms with Gasteiger partial charge in [0.25, 0.3) is 0 Å². The van der Waals surface area contributed by atoms with Gasteiger partial charge in [-0.1, -0.05) is 6.58 Å². The molecule has 3 aliphatic carbocycles. The first-order chi connectivity index (χ1) is 22.0. The van der Waals surface area contributed by atoms with E-state index in [1.54, 1.807) is 27.7 Å². The van der Waals surface area contributed by atoms with E-state index < -0.39 is 28.7 Å². The van der Waals surface area contributed by atoms with E-state index in [-0.39, 0.29) is 48.0 Å². The largest absolute Gasteiger partial charge is 0.481 e. The molecule has 3 aliphatic rings. The molecule has 0 bridgehead atoms. The van der Waals surface area contributed by atoms with Crippen LogP contribution in [-0.2, 0) is 33.4 Å². The van der Waals surface area contributed by atoms with Gasteiger partial charge in [-0.15, -0.1) is 12.4 Å². The summed E-state index contributed by atoms with van der Waals surface area (Å²) in [5, 5.41) is 14.1. The number of alkyl carbamates (subject to hydrolysis) is 2. The second-order valence-corrected chi connectivity index (χ2v) is 15.1. The second-order valence-electron chi connectivity index (χ2n) is 15.1. The molecule has 0 aromatic rings. The molecule has 5 N–H and O–H groups in total. The Hall–Kier alpha value is -3.19. The molecule has 0 aliphatic heterocycles. The number of nitrogens with one attached hydrogen (secondary N) is 2. The number of ether oxygens (including phenoxy) is 3. The topological polar surface area (TPSA) is 200 Å². The van der Waals surface area contributed by atoms with Gasteiger partial charge in [-0.3, -0.25) is 14.4 Å². The average Bonchev–Trinajstić information content (AvgIpc) is 3.85. The molecule has 0 radical (unpaired) electrons. The predicted octanol–water partition coefficient (Wildman–Crippen LogP) is 5.90. The van der Waals surface area contributed by atoms with Crippen molar-refractivity contribution in [1.29, 1.82) is 0 Å². The quantitative estimate of drug-likeness (QED) is 0.100. The summed E-state index contributed by atoms with van der Waals surface area (Å²) >= 11 is 0. The Kier molecular flexibility index (Phi) is 20.7. The van der Waals surface area contributed by atoms with Crippen LogP contribution in [0.2, 0.25) is 0 Å². The third kappa shape index (κ3) is 23.7. The Balaban J connectivity index is 0. The lowest BCUT2D eigenvalue weighted by Crippen LogP contribution is -2.38. The van der Waals surface area contributed by atoms with Crippen molar-refractivity contribution < 1.29 is 48.1 Å². The zero-order valence-corrected chi connectivity index (χ0v) is 31.9. The summed E-state index contributed by atoms with van der Waals surface area (Å²) < 4.78 is 14.7. The van der Waals surface area contributed by atoms with E-state index in [0.717, 1.165) is 25.7 Å². The van der Waals surface area contributed by atoms with Gasteiger partial charge in [-0.25, -0.2) is 9.59 Å². The zero-order valence-electron chi connectivity index (χ0n) is 31.1. The van der Waals surface area contributed by atoms with Gasteiger partial charge in [-0.2, -0.15) is 0 Å². The van der Waals surface area contributed by atoms with Crippen LogP contribution in [0.4, 0.5) is 9.59 Å². The Bertz CT molecular complexity index is 1120. The van der Waals surface area contributed by atoms with Crippen molar-refractivity contribution in [3.63, 3.8) is 0 Å². The summed E-state index contributed by atoms with van der Waals surface area (Å²) in [5.41, 5.74) is 4.25. The monoisotopic (exact) mass is 719 g/mol. The Labute approximate surface area is 298 Å². The van der Waals surface area contributed by atoms with Crippen LogP contribution in [0.5, 0.6) is 0 Å². The van der Waals surface area contributed by atoms with E-state index in [4.69, 9.17) is 20.3 Å². The standard InChI is InChI=1S/C13H23NO3.C10H17NO4.C8H15NO2.C4H6O.ClH/c1-10(15)5-6-13(7-8-13)9-14-11(16)17-12(2,3)4;1-9(2,3)15-8(14)11-6-10(4-5-10)7(12)13;1-11-7(10)2-3-8(6-9)4-5-8;1-3-4(2)5;/h5-9H2,1-4H3,(H,14,16);4-6H2,1-3H3,(H,11,14)(H,12,13);2-6,9H2,1H3;3H,1H2,2H3;1H. The van der Waals surface area contributed by atoms with Gasteiger partial charge < -0.3 is 40.5 Å². The lowest BCUT2D eigenvalue weighted by atomic mass is 9.99. The highest BCUT2D eigenvalue weighted by molar-refractivity contribution is 5.86. The number of aliphatic carboxylic acids is 1. The maximum absolute atomic E-state index is 11.5. The number of hydrogen-bond acceptors (Lipinski definition) is 10. The Morgan fingerprint density at radius 3 is 1.47 bits per heavy atom. The van der Waals surface area contributed by atoms with Gasteiger partial charge in [0.05, 0.1) is 12.5 Å². The lowest BCUT2D eigenvalue weighted by molar-refractivity contribution is -0.143. The van der Waals surface area contributed by atoms with Crippen LogP contribution in [0.3, 0.4) is 0 Å².